The molecule has 1 saturated heterocycles. The van der Waals surface area contributed by atoms with E-state index in [1.54, 1.807) is 0 Å². The zero-order valence-corrected chi connectivity index (χ0v) is 12.5. The molecule has 0 aliphatic carbocycles. The predicted molar refractivity (Wildman–Crippen MR) is 77.4 cm³/mol. The second kappa shape index (κ2) is 6.72. The highest BCUT2D eigenvalue weighted by Crippen LogP contribution is 2.36. The Kier molecular flexibility index (Phi) is 4.96. The van der Waals surface area contributed by atoms with Gasteiger partial charge in [0.25, 0.3) is 0 Å². The van der Waals surface area contributed by atoms with Gasteiger partial charge in [-0.3, -0.25) is 14.5 Å². The van der Waals surface area contributed by atoms with Crippen LogP contribution in [-0.4, -0.2) is 44.1 Å². The number of hydrogen-bond acceptors (Lipinski definition) is 5. The van der Waals surface area contributed by atoms with E-state index in [-0.39, 0.29) is 18.4 Å². The Bertz CT molecular complexity index is 502. The lowest BCUT2D eigenvalue weighted by atomic mass is 9.83. The molecule has 1 aromatic carbocycles. The maximum Gasteiger partial charge on any atom is 0.313 e. The summed E-state index contributed by atoms with van der Waals surface area (Å²) in [6.07, 6.45) is 0.684. The zero-order valence-electron chi connectivity index (χ0n) is 12.5. The Balaban J connectivity index is 2.07. The third-order valence-electron chi connectivity index (χ3n) is 4.01. The average Bonchev–Trinajstić information content (AvgIpc) is 2.91. The number of benzene rings is 1. The number of carbonyl (C=O) groups excluding carboxylic acids is 2. The van der Waals surface area contributed by atoms with Gasteiger partial charge in [0.15, 0.2) is 0 Å². The van der Waals surface area contributed by atoms with Crippen LogP contribution >= 0.6 is 0 Å². The summed E-state index contributed by atoms with van der Waals surface area (Å²) in [7, 11) is 2.70. The molecule has 1 atom stereocenters. The Morgan fingerprint density at radius 3 is 2.52 bits per heavy atom. The minimum absolute atomic E-state index is 0.0709. The van der Waals surface area contributed by atoms with Crippen molar-refractivity contribution in [3.05, 3.63) is 35.9 Å². The number of likely N-dealkylation sites (tertiary alicyclic amines) is 1. The first-order valence-electron chi connectivity index (χ1n) is 7.01. The van der Waals surface area contributed by atoms with Crippen molar-refractivity contribution in [3.8, 4) is 0 Å². The SMILES string of the molecule is COC(=O)C[C@@]1(C(=O)OC)CCN(Cc2ccccc2)C1. The molecule has 21 heavy (non-hydrogen) atoms. The van der Waals surface area contributed by atoms with Crippen LogP contribution in [0.5, 0.6) is 0 Å². The summed E-state index contributed by atoms with van der Waals surface area (Å²) < 4.78 is 9.63. The van der Waals surface area contributed by atoms with E-state index in [0.29, 0.717) is 13.0 Å². The highest BCUT2D eigenvalue weighted by molar-refractivity contribution is 5.84. The summed E-state index contributed by atoms with van der Waals surface area (Å²) in [5, 5.41) is 0. The Morgan fingerprint density at radius 1 is 1.19 bits per heavy atom. The van der Waals surface area contributed by atoms with E-state index in [9.17, 15) is 9.59 Å². The van der Waals surface area contributed by atoms with Crippen LogP contribution < -0.4 is 0 Å². The van der Waals surface area contributed by atoms with Crippen molar-refractivity contribution in [1.82, 2.24) is 4.90 Å². The third kappa shape index (κ3) is 3.61. The van der Waals surface area contributed by atoms with Crippen LogP contribution in [0, 0.1) is 5.41 Å². The molecule has 5 heteroatoms. The topological polar surface area (TPSA) is 55.8 Å². The molecule has 1 aliphatic rings. The van der Waals surface area contributed by atoms with Crippen LogP contribution in [0.4, 0.5) is 0 Å². The molecule has 1 fully saturated rings. The van der Waals surface area contributed by atoms with Gasteiger partial charge in [0, 0.05) is 13.1 Å². The van der Waals surface area contributed by atoms with Crippen LogP contribution in [0.1, 0.15) is 18.4 Å². The van der Waals surface area contributed by atoms with Crippen molar-refractivity contribution in [3.63, 3.8) is 0 Å². The fraction of sp³-hybridized carbons (Fsp3) is 0.500. The first-order valence-corrected chi connectivity index (χ1v) is 7.01. The fourth-order valence-corrected chi connectivity index (χ4v) is 2.88. The van der Waals surface area contributed by atoms with Crippen molar-refractivity contribution < 1.29 is 19.1 Å². The molecule has 0 bridgehead atoms. The molecule has 0 radical (unpaired) electrons. The van der Waals surface area contributed by atoms with Gasteiger partial charge in [-0.2, -0.15) is 0 Å². The largest absolute Gasteiger partial charge is 0.469 e. The van der Waals surface area contributed by atoms with E-state index in [1.165, 1.54) is 19.8 Å². The van der Waals surface area contributed by atoms with E-state index in [1.807, 2.05) is 18.2 Å². The third-order valence-corrected chi connectivity index (χ3v) is 4.01. The summed E-state index contributed by atoms with van der Waals surface area (Å²) in [6.45, 7) is 2.05. The maximum absolute atomic E-state index is 12.1. The normalized spacial score (nSPS) is 22.0. The van der Waals surface area contributed by atoms with Gasteiger partial charge < -0.3 is 9.47 Å². The van der Waals surface area contributed by atoms with Gasteiger partial charge >= 0.3 is 11.9 Å². The molecule has 114 valence electrons. The molecule has 0 N–H and O–H groups in total. The van der Waals surface area contributed by atoms with Gasteiger partial charge in [-0.15, -0.1) is 0 Å². The molecule has 5 nitrogen and oxygen atoms in total. The van der Waals surface area contributed by atoms with Crippen LogP contribution in [0.15, 0.2) is 30.3 Å². The molecule has 0 aromatic heterocycles. The Morgan fingerprint density at radius 2 is 1.90 bits per heavy atom. The molecule has 1 aromatic rings. The van der Waals surface area contributed by atoms with Crippen LogP contribution in [-0.2, 0) is 25.6 Å². The molecule has 0 saturated carbocycles. The minimum atomic E-state index is -0.781. The Hall–Kier alpha value is -1.88. The standard InChI is InChI=1S/C16H21NO4/c1-20-14(18)10-16(15(19)21-2)8-9-17(12-16)11-13-6-4-3-5-7-13/h3-7H,8-12H2,1-2H3/t16-/m0/s1. The molecule has 0 unspecified atom stereocenters. The smallest absolute Gasteiger partial charge is 0.313 e. The predicted octanol–water partition coefficient (Wildman–Crippen LogP) is 1.61. The molecule has 2 rings (SSSR count). The molecular weight excluding hydrogens is 270 g/mol. The maximum atomic E-state index is 12.1. The number of methoxy groups -OCH3 is 2. The van der Waals surface area contributed by atoms with E-state index in [2.05, 4.69) is 17.0 Å². The van der Waals surface area contributed by atoms with Crippen LogP contribution in [0.2, 0.25) is 0 Å². The van der Waals surface area contributed by atoms with Gasteiger partial charge in [0.05, 0.1) is 26.1 Å². The first kappa shape index (κ1) is 15.5. The number of nitrogens with zero attached hydrogens (tertiary/aromatic N) is 1. The van der Waals surface area contributed by atoms with E-state index in [0.717, 1.165) is 13.1 Å². The van der Waals surface area contributed by atoms with Crippen LogP contribution in [0.25, 0.3) is 0 Å². The summed E-state index contributed by atoms with van der Waals surface area (Å²) in [5.74, 6) is -0.703. The number of rotatable bonds is 5. The van der Waals surface area contributed by atoms with Gasteiger partial charge in [0.1, 0.15) is 0 Å². The van der Waals surface area contributed by atoms with Gasteiger partial charge in [-0.05, 0) is 18.5 Å². The highest BCUT2D eigenvalue weighted by atomic mass is 16.5. The van der Waals surface area contributed by atoms with E-state index in [4.69, 9.17) is 9.47 Å². The number of carbonyl (C=O) groups is 2. The van der Waals surface area contributed by atoms with E-state index < -0.39 is 5.41 Å². The Labute approximate surface area is 124 Å². The summed E-state index contributed by atoms with van der Waals surface area (Å²) in [4.78, 5) is 25.9. The molecule has 0 spiro atoms. The minimum Gasteiger partial charge on any atom is -0.469 e. The second-order valence-electron chi connectivity index (χ2n) is 5.47. The number of esters is 2. The van der Waals surface area contributed by atoms with E-state index >= 15 is 0 Å². The molecule has 0 amide bonds. The second-order valence-corrected chi connectivity index (χ2v) is 5.47. The van der Waals surface area contributed by atoms with Crippen LogP contribution in [0.3, 0.4) is 0 Å². The molecule has 1 aliphatic heterocycles. The summed E-state index contributed by atoms with van der Waals surface area (Å²) >= 11 is 0. The lowest BCUT2D eigenvalue weighted by Gasteiger charge is -2.25. The van der Waals surface area contributed by atoms with Gasteiger partial charge in [0.2, 0.25) is 0 Å². The van der Waals surface area contributed by atoms with Gasteiger partial charge in [-0.1, -0.05) is 30.3 Å². The number of hydrogen-bond donors (Lipinski definition) is 0. The zero-order chi connectivity index (χ0) is 15.3. The quantitative estimate of drug-likeness (QED) is 0.772. The average molecular weight is 291 g/mol. The van der Waals surface area contributed by atoms with Crippen molar-refractivity contribution in [2.24, 2.45) is 5.41 Å². The summed E-state index contributed by atoms with van der Waals surface area (Å²) in [6, 6.07) is 10.1. The lowest BCUT2D eigenvalue weighted by molar-refractivity contribution is -0.158. The monoisotopic (exact) mass is 291 g/mol. The lowest BCUT2D eigenvalue weighted by Crippen LogP contribution is -2.38. The van der Waals surface area contributed by atoms with Crippen molar-refractivity contribution >= 4 is 11.9 Å². The molecular formula is C16H21NO4. The van der Waals surface area contributed by atoms with Crippen molar-refractivity contribution in [2.75, 3.05) is 27.3 Å². The first-order chi connectivity index (χ1) is 10.1. The summed E-state index contributed by atoms with van der Waals surface area (Å²) in [5.41, 5.74) is 0.410. The highest BCUT2D eigenvalue weighted by Gasteiger charge is 2.47. The van der Waals surface area contributed by atoms with Crippen molar-refractivity contribution in [2.45, 2.75) is 19.4 Å². The van der Waals surface area contributed by atoms with Crippen molar-refractivity contribution in [1.29, 1.82) is 0 Å². The fourth-order valence-electron chi connectivity index (χ4n) is 2.88. The number of ether oxygens (including phenoxy) is 2. The molecule has 1 heterocycles. The van der Waals surface area contributed by atoms with Gasteiger partial charge in [-0.25, -0.2) is 0 Å².